The molecular weight excluding hydrogens is 330 g/mol. The van der Waals surface area contributed by atoms with E-state index in [0.717, 1.165) is 24.7 Å². The van der Waals surface area contributed by atoms with Gasteiger partial charge in [-0.15, -0.1) is 5.10 Å². The van der Waals surface area contributed by atoms with Crippen molar-refractivity contribution >= 4 is 0 Å². The van der Waals surface area contributed by atoms with Crippen LogP contribution in [0.15, 0.2) is 30.5 Å². The van der Waals surface area contributed by atoms with Crippen molar-refractivity contribution in [3.63, 3.8) is 0 Å². The minimum Gasteiger partial charge on any atom is -0.381 e. The molecule has 3 heterocycles. The molecule has 130 valence electrons. The van der Waals surface area contributed by atoms with Crippen LogP contribution in [0.5, 0.6) is 0 Å². The molecule has 0 aliphatic carbocycles. The number of tetrazole rings is 1. The average Bonchev–Trinajstić information content (AvgIpc) is 3.26. The molecule has 9 heteroatoms. The topological polar surface area (TPSA) is 70.7 Å². The summed E-state index contributed by atoms with van der Waals surface area (Å²) in [5.41, 5.74) is 0.873. The van der Waals surface area contributed by atoms with E-state index in [1.807, 2.05) is 0 Å². The van der Waals surface area contributed by atoms with Gasteiger partial charge in [0, 0.05) is 31.4 Å². The quantitative estimate of drug-likeness (QED) is 0.723. The van der Waals surface area contributed by atoms with Crippen LogP contribution >= 0.6 is 0 Å². The van der Waals surface area contributed by atoms with Crippen LogP contribution in [0.2, 0.25) is 0 Å². The van der Waals surface area contributed by atoms with E-state index in [-0.39, 0.29) is 11.6 Å². The zero-order valence-electron chi connectivity index (χ0n) is 13.3. The Labute approximate surface area is 142 Å². The van der Waals surface area contributed by atoms with Crippen LogP contribution in [-0.4, -0.2) is 43.2 Å². The van der Waals surface area contributed by atoms with E-state index in [1.165, 1.54) is 16.8 Å². The van der Waals surface area contributed by atoms with Crippen molar-refractivity contribution in [2.45, 2.75) is 25.3 Å². The van der Waals surface area contributed by atoms with Gasteiger partial charge in [0.2, 0.25) is 0 Å². The van der Waals surface area contributed by atoms with Gasteiger partial charge in [-0.1, -0.05) is 0 Å². The fourth-order valence-electron chi connectivity index (χ4n) is 2.97. The Bertz CT molecular complexity index is 871. The summed E-state index contributed by atoms with van der Waals surface area (Å²) in [7, 11) is 0. The molecule has 0 unspecified atom stereocenters. The molecule has 0 N–H and O–H groups in total. The second kappa shape index (κ2) is 6.67. The van der Waals surface area contributed by atoms with Crippen LogP contribution in [0.25, 0.3) is 5.69 Å². The number of nitrogens with zero attached hydrogens (tertiary/aromatic N) is 6. The molecule has 25 heavy (non-hydrogen) atoms. The van der Waals surface area contributed by atoms with E-state index in [1.54, 1.807) is 16.9 Å². The van der Waals surface area contributed by atoms with Gasteiger partial charge >= 0.3 is 0 Å². The fraction of sp³-hybridized carbons (Fsp3) is 0.375. The Balaban J connectivity index is 1.55. The van der Waals surface area contributed by atoms with E-state index in [4.69, 9.17) is 4.74 Å². The lowest BCUT2D eigenvalue weighted by Crippen LogP contribution is -2.19. The van der Waals surface area contributed by atoms with E-state index < -0.39 is 11.6 Å². The Kier molecular flexibility index (Phi) is 4.22. The summed E-state index contributed by atoms with van der Waals surface area (Å²) < 4.78 is 35.4. The Morgan fingerprint density at radius 3 is 2.80 bits per heavy atom. The van der Waals surface area contributed by atoms with Gasteiger partial charge in [-0.25, -0.2) is 18.1 Å². The van der Waals surface area contributed by atoms with E-state index in [2.05, 4.69) is 20.6 Å². The van der Waals surface area contributed by atoms with Crippen LogP contribution in [0.3, 0.4) is 0 Å². The van der Waals surface area contributed by atoms with Crippen LogP contribution in [-0.2, 0) is 11.3 Å². The number of aromatic nitrogens is 6. The largest absolute Gasteiger partial charge is 0.381 e. The molecule has 2 aromatic heterocycles. The van der Waals surface area contributed by atoms with E-state index in [9.17, 15) is 8.78 Å². The minimum absolute atomic E-state index is 0.189. The molecular formula is C16H16F2N6O. The second-order valence-electron chi connectivity index (χ2n) is 5.93. The van der Waals surface area contributed by atoms with Gasteiger partial charge < -0.3 is 4.74 Å². The summed E-state index contributed by atoms with van der Waals surface area (Å²) in [6.45, 7) is 1.79. The lowest BCUT2D eigenvalue weighted by atomic mass is 9.99. The molecule has 3 aromatic rings. The van der Waals surface area contributed by atoms with Crippen LogP contribution in [0, 0.1) is 11.6 Å². The standard InChI is InChI=1S/C16H16F2N6O/c17-12-1-2-15(14(18)9-12)23-6-3-13(20-23)10-24-16(19-21-22-24)11-4-7-25-8-5-11/h1-3,6,9,11H,4-5,7-8,10H2. The number of halogens is 2. The Morgan fingerprint density at radius 2 is 2.00 bits per heavy atom. The van der Waals surface area contributed by atoms with Gasteiger partial charge in [0.05, 0.1) is 12.2 Å². The molecule has 0 atom stereocenters. The molecule has 0 radical (unpaired) electrons. The van der Waals surface area contributed by atoms with Crippen molar-refractivity contribution in [1.29, 1.82) is 0 Å². The number of hydrogen-bond acceptors (Lipinski definition) is 5. The van der Waals surface area contributed by atoms with Gasteiger partial charge in [-0.05, 0) is 41.5 Å². The first-order valence-corrected chi connectivity index (χ1v) is 8.04. The average molecular weight is 346 g/mol. The number of rotatable bonds is 4. The summed E-state index contributed by atoms with van der Waals surface area (Å²) in [5, 5.41) is 16.3. The highest BCUT2D eigenvalue weighted by molar-refractivity contribution is 5.33. The SMILES string of the molecule is Fc1ccc(-n2ccc(Cn3nnnc3C3CCOCC3)n2)c(F)c1. The highest BCUT2D eigenvalue weighted by Gasteiger charge is 2.22. The van der Waals surface area contributed by atoms with Gasteiger partial charge in [0.15, 0.2) is 11.6 Å². The molecule has 0 amide bonds. The highest BCUT2D eigenvalue weighted by Crippen LogP contribution is 2.25. The van der Waals surface area contributed by atoms with Crippen LogP contribution < -0.4 is 0 Å². The van der Waals surface area contributed by atoms with Gasteiger partial charge in [0.1, 0.15) is 11.5 Å². The maximum Gasteiger partial charge on any atom is 0.154 e. The third-order valence-corrected chi connectivity index (χ3v) is 4.26. The van der Waals surface area contributed by atoms with Crippen molar-refractivity contribution in [2.75, 3.05) is 13.2 Å². The third-order valence-electron chi connectivity index (χ3n) is 4.26. The van der Waals surface area contributed by atoms with Gasteiger partial charge in [-0.2, -0.15) is 5.10 Å². The maximum atomic E-state index is 13.9. The zero-order valence-corrected chi connectivity index (χ0v) is 13.3. The number of hydrogen-bond donors (Lipinski definition) is 0. The van der Waals surface area contributed by atoms with Crippen molar-refractivity contribution in [3.05, 3.63) is 53.6 Å². The molecule has 1 saturated heterocycles. The smallest absolute Gasteiger partial charge is 0.154 e. The fourth-order valence-corrected chi connectivity index (χ4v) is 2.97. The summed E-state index contributed by atoms with van der Waals surface area (Å²) in [5.74, 6) is -0.213. The Morgan fingerprint density at radius 1 is 1.16 bits per heavy atom. The summed E-state index contributed by atoms with van der Waals surface area (Å²) in [6.07, 6.45) is 3.40. The number of ether oxygens (including phenoxy) is 1. The summed E-state index contributed by atoms with van der Waals surface area (Å²) in [4.78, 5) is 0. The summed E-state index contributed by atoms with van der Waals surface area (Å²) >= 11 is 0. The van der Waals surface area contributed by atoms with E-state index >= 15 is 0 Å². The highest BCUT2D eigenvalue weighted by atomic mass is 19.1. The number of benzene rings is 1. The molecule has 1 aliphatic rings. The molecule has 0 spiro atoms. The summed E-state index contributed by atoms with van der Waals surface area (Å²) in [6, 6.07) is 5.15. The van der Waals surface area contributed by atoms with Crippen molar-refractivity contribution < 1.29 is 13.5 Å². The first kappa shape index (κ1) is 15.8. The molecule has 0 bridgehead atoms. The monoisotopic (exact) mass is 346 g/mol. The lowest BCUT2D eigenvalue weighted by molar-refractivity contribution is 0.0826. The molecule has 4 rings (SSSR count). The van der Waals surface area contributed by atoms with Gasteiger partial charge in [-0.3, -0.25) is 0 Å². The van der Waals surface area contributed by atoms with Crippen molar-refractivity contribution in [3.8, 4) is 5.69 Å². The van der Waals surface area contributed by atoms with Crippen LogP contribution in [0.1, 0.15) is 30.3 Å². The van der Waals surface area contributed by atoms with Crippen molar-refractivity contribution in [1.82, 2.24) is 30.0 Å². The normalized spacial score (nSPS) is 15.6. The van der Waals surface area contributed by atoms with Crippen molar-refractivity contribution in [2.24, 2.45) is 0 Å². The minimum atomic E-state index is -0.667. The predicted octanol–water partition coefficient (Wildman–Crippen LogP) is 2.08. The van der Waals surface area contributed by atoms with E-state index in [0.29, 0.717) is 25.5 Å². The maximum absolute atomic E-state index is 13.9. The zero-order chi connectivity index (χ0) is 17.2. The first-order chi connectivity index (χ1) is 12.2. The molecule has 0 saturated carbocycles. The molecule has 7 nitrogen and oxygen atoms in total. The second-order valence-corrected chi connectivity index (χ2v) is 5.93. The molecule has 1 fully saturated rings. The van der Waals surface area contributed by atoms with Gasteiger partial charge in [0.25, 0.3) is 0 Å². The lowest BCUT2D eigenvalue weighted by Gasteiger charge is -2.20. The predicted molar refractivity (Wildman–Crippen MR) is 83.2 cm³/mol. The Hall–Kier alpha value is -2.68. The third kappa shape index (κ3) is 3.27. The first-order valence-electron chi connectivity index (χ1n) is 8.04. The molecule has 1 aromatic carbocycles. The van der Waals surface area contributed by atoms with Crippen LogP contribution in [0.4, 0.5) is 8.78 Å². The molecule has 1 aliphatic heterocycles.